The number of ether oxygens (including phenoxy) is 2. The summed E-state index contributed by atoms with van der Waals surface area (Å²) >= 11 is 0. The predicted molar refractivity (Wildman–Crippen MR) is 96.2 cm³/mol. The summed E-state index contributed by atoms with van der Waals surface area (Å²) in [5.41, 5.74) is 4.53. The molecule has 7 heteroatoms. The lowest BCUT2D eigenvalue weighted by atomic mass is 10.1. The first-order valence-electron chi connectivity index (χ1n) is 8.39. The maximum absolute atomic E-state index is 12.0. The van der Waals surface area contributed by atoms with Crippen molar-refractivity contribution in [3.8, 4) is 5.75 Å². The molecule has 0 saturated heterocycles. The summed E-state index contributed by atoms with van der Waals surface area (Å²) in [5, 5.41) is 2.08. The van der Waals surface area contributed by atoms with Crippen LogP contribution in [0.2, 0.25) is 0 Å². The number of hydrogen-bond donors (Lipinski definition) is 2. The lowest BCUT2D eigenvalue weighted by Gasteiger charge is -2.15. The lowest BCUT2D eigenvalue weighted by Crippen LogP contribution is -2.47. The highest BCUT2D eigenvalue weighted by Gasteiger charge is 2.16. The first-order valence-corrected chi connectivity index (χ1v) is 8.39. The Labute approximate surface area is 151 Å². The Hall–Kier alpha value is -3.09. The third kappa shape index (κ3) is 5.77. The van der Waals surface area contributed by atoms with Gasteiger partial charge < -0.3 is 9.47 Å². The quantitative estimate of drug-likeness (QED) is 0.584. The molecule has 2 aromatic carbocycles. The van der Waals surface area contributed by atoms with E-state index in [1.165, 1.54) is 0 Å². The Kier molecular flexibility index (Phi) is 6.96. The molecule has 2 N–H and O–H groups in total. The highest BCUT2D eigenvalue weighted by molar-refractivity contribution is 5.86. The molecule has 0 fully saturated rings. The molecule has 0 aliphatic rings. The SMILES string of the molecule is CCOC(=O)CCC(=O)NNC(=O)[C@@H](C)Oc1ccc2ccccc2c1. The molecular formula is C19H22N2O5. The van der Waals surface area contributed by atoms with E-state index in [0.29, 0.717) is 5.75 Å². The van der Waals surface area contributed by atoms with Crippen LogP contribution in [0.3, 0.4) is 0 Å². The smallest absolute Gasteiger partial charge is 0.306 e. The van der Waals surface area contributed by atoms with E-state index in [1.807, 2.05) is 36.4 Å². The molecule has 1 atom stereocenters. The van der Waals surface area contributed by atoms with Gasteiger partial charge in [0.2, 0.25) is 5.91 Å². The van der Waals surface area contributed by atoms with Crippen molar-refractivity contribution in [1.82, 2.24) is 10.9 Å². The van der Waals surface area contributed by atoms with Crippen LogP contribution in [0.25, 0.3) is 10.8 Å². The fourth-order valence-corrected chi connectivity index (χ4v) is 2.24. The predicted octanol–water partition coefficient (Wildman–Crippen LogP) is 2.10. The largest absolute Gasteiger partial charge is 0.481 e. The number of hydrogen-bond acceptors (Lipinski definition) is 5. The van der Waals surface area contributed by atoms with Gasteiger partial charge in [0.15, 0.2) is 6.10 Å². The standard InChI is InChI=1S/C19H22N2O5/c1-3-25-18(23)11-10-17(22)20-21-19(24)13(2)26-16-9-8-14-6-4-5-7-15(14)12-16/h4-9,12-13H,3,10-11H2,1-2H3,(H,20,22)(H,21,24)/t13-/m1/s1. The van der Waals surface area contributed by atoms with Crippen LogP contribution < -0.4 is 15.6 Å². The Balaban J connectivity index is 1.79. The fourth-order valence-electron chi connectivity index (χ4n) is 2.24. The van der Waals surface area contributed by atoms with Crippen molar-refractivity contribution in [1.29, 1.82) is 0 Å². The number of carbonyl (C=O) groups is 3. The van der Waals surface area contributed by atoms with Gasteiger partial charge >= 0.3 is 5.97 Å². The van der Waals surface area contributed by atoms with Gasteiger partial charge in [0.25, 0.3) is 5.91 Å². The first kappa shape index (κ1) is 19.2. The minimum Gasteiger partial charge on any atom is -0.481 e. The van der Waals surface area contributed by atoms with Crippen LogP contribution in [0.5, 0.6) is 5.75 Å². The van der Waals surface area contributed by atoms with E-state index in [2.05, 4.69) is 10.9 Å². The minimum atomic E-state index is -0.804. The van der Waals surface area contributed by atoms with Gasteiger partial charge in [-0.1, -0.05) is 30.3 Å². The highest BCUT2D eigenvalue weighted by Crippen LogP contribution is 2.21. The van der Waals surface area contributed by atoms with Gasteiger partial charge in [0.05, 0.1) is 13.0 Å². The number of rotatable bonds is 7. The Morgan fingerprint density at radius 1 is 1.00 bits per heavy atom. The molecule has 0 aromatic heterocycles. The van der Waals surface area contributed by atoms with Crippen molar-refractivity contribution >= 4 is 28.6 Å². The van der Waals surface area contributed by atoms with Crippen molar-refractivity contribution in [3.05, 3.63) is 42.5 Å². The zero-order valence-electron chi connectivity index (χ0n) is 14.8. The van der Waals surface area contributed by atoms with Crippen LogP contribution in [0, 0.1) is 0 Å². The average Bonchev–Trinajstić information content (AvgIpc) is 2.64. The van der Waals surface area contributed by atoms with E-state index >= 15 is 0 Å². The lowest BCUT2D eigenvalue weighted by molar-refractivity contribution is -0.144. The number of nitrogens with one attached hydrogen (secondary N) is 2. The second kappa shape index (κ2) is 9.41. The number of benzene rings is 2. The molecule has 0 aliphatic carbocycles. The van der Waals surface area contributed by atoms with Crippen LogP contribution in [0.4, 0.5) is 0 Å². The number of esters is 1. The molecule has 0 bridgehead atoms. The van der Waals surface area contributed by atoms with Crippen molar-refractivity contribution < 1.29 is 23.9 Å². The summed E-state index contributed by atoms with van der Waals surface area (Å²) in [4.78, 5) is 34.8. The maximum atomic E-state index is 12.0. The topological polar surface area (TPSA) is 93.7 Å². The van der Waals surface area contributed by atoms with Crippen LogP contribution in [-0.4, -0.2) is 30.5 Å². The van der Waals surface area contributed by atoms with E-state index in [-0.39, 0.29) is 19.4 Å². The van der Waals surface area contributed by atoms with Crippen molar-refractivity contribution in [3.63, 3.8) is 0 Å². The summed E-state index contributed by atoms with van der Waals surface area (Å²) < 4.78 is 10.3. The Bertz CT molecular complexity index is 790. The Morgan fingerprint density at radius 3 is 2.46 bits per heavy atom. The van der Waals surface area contributed by atoms with Gasteiger partial charge in [-0.3, -0.25) is 25.2 Å². The van der Waals surface area contributed by atoms with E-state index in [0.717, 1.165) is 10.8 Å². The molecule has 0 unspecified atom stereocenters. The molecule has 2 rings (SSSR count). The fraction of sp³-hybridized carbons (Fsp3) is 0.316. The molecule has 26 heavy (non-hydrogen) atoms. The summed E-state index contributed by atoms with van der Waals surface area (Å²) in [6, 6.07) is 13.4. The van der Waals surface area contributed by atoms with E-state index in [1.54, 1.807) is 19.9 Å². The number of fused-ring (bicyclic) bond motifs is 1. The molecule has 0 aliphatic heterocycles. The summed E-state index contributed by atoms with van der Waals surface area (Å²) in [7, 11) is 0. The van der Waals surface area contributed by atoms with Gasteiger partial charge in [0, 0.05) is 6.42 Å². The van der Waals surface area contributed by atoms with Crippen LogP contribution in [-0.2, 0) is 19.1 Å². The number of amides is 2. The second-order valence-electron chi connectivity index (χ2n) is 5.61. The van der Waals surface area contributed by atoms with E-state index in [9.17, 15) is 14.4 Å². The Morgan fingerprint density at radius 2 is 1.73 bits per heavy atom. The normalized spacial score (nSPS) is 11.5. The number of hydrazine groups is 1. The summed E-state index contributed by atoms with van der Waals surface area (Å²) in [6.07, 6.45) is -0.918. The molecule has 0 saturated carbocycles. The van der Waals surface area contributed by atoms with Gasteiger partial charge in [-0.2, -0.15) is 0 Å². The zero-order chi connectivity index (χ0) is 18.9. The minimum absolute atomic E-state index is 0.0430. The third-order valence-corrected chi connectivity index (χ3v) is 3.59. The highest BCUT2D eigenvalue weighted by atomic mass is 16.5. The van der Waals surface area contributed by atoms with Crippen molar-refractivity contribution in [2.24, 2.45) is 0 Å². The maximum Gasteiger partial charge on any atom is 0.306 e. The molecule has 0 spiro atoms. The molecule has 2 aromatic rings. The zero-order valence-corrected chi connectivity index (χ0v) is 14.8. The monoisotopic (exact) mass is 358 g/mol. The summed E-state index contributed by atoms with van der Waals surface area (Å²) in [6.45, 7) is 3.53. The molecule has 2 amide bonds. The van der Waals surface area contributed by atoms with Gasteiger partial charge in [-0.15, -0.1) is 0 Å². The van der Waals surface area contributed by atoms with Crippen LogP contribution in [0.15, 0.2) is 42.5 Å². The summed E-state index contributed by atoms with van der Waals surface area (Å²) in [5.74, 6) is -0.881. The average molecular weight is 358 g/mol. The second-order valence-corrected chi connectivity index (χ2v) is 5.61. The third-order valence-electron chi connectivity index (χ3n) is 3.59. The molecule has 0 radical (unpaired) electrons. The van der Waals surface area contributed by atoms with Gasteiger partial charge in [-0.05, 0) is 36.8 Å². The van der Waals surface area contributed by atoms with Crippen molar-refractivity contribution in [2.75, 3.05) is 6.61 Å². The van der Waals surface area contributed by atoms with Gasteiger partial charge in [-0.25, -0.2) is 0 Å². The first-order chi connectivity index (χ1) is 12.5. The van der Waals surface area contributed by atoms with E-state index < -0.39 is 23.9 Å². The van der Waals surface area contributed by atoms with E-state index in [4.69, 9.17) is 9.47 Å². The van der Waals surface area contributed by atoms with Gasteiger partial charge in [0.1, 0.15) is 5.75 Å². The molecule has 7 nitrogen and oxygen atoms in total. The molecule has 138 valence electrons. The van der Waals surface area contributed by atoms with Crippen LogP contribution >= 0.6 is 0 Å². The molecule has 0 heterocycles. The molecular weight excluding hydrogens is 336 g/mol. The van der Waals surface area contributed by atoms with Crippen LogP contribution in [0.1, 0.15) is 26.7 Å². The number of carbonyl (C=O) groups excluding carboxylic acids is 3. The van der Waals surface area contributed by atoms with Crippen molar-refractivity contribution in [2.45, 2.75) is 32.8 Å².